The maximum absolute atomic E-state index is 11.5. The van der Waals surface area contributed by atoms with Gasteiger partial charge in [-0.05, 0) is 0 Å². The van der Waals surface area contributed by atoms with Crippen LogP contribution >= 0.6 is 11.6 Å². The molecule has 0 saturated heterocycles. The van der Waals surface area contributed by atoms with Gasteiger partial charge in [0.05, 0.1) is 11.2 Å². The van der Waals surface area contributed by atoms with E-state index >= 15 is 0 Å². The fraction of sp³-hybridized carbons (Fsp3) is 0.222. The molecule has 0 aromatic carbocycles. The summed E-state index contributed by atoms with van der Waals surface area (Å²) >= 11 is 5.68. The van der Waals surface area contributed by atoms with Crippen molar-refractivity contribution in [2.24, 2.45) is 7.05 Å². The zero-order valence-corrected chi connectivity index (χ0v) is 9.35. The van der Waals surface area contributed by atoms with E-state index in [9.17, 15) is 4.79 Å². The molecule has 2 rings (SSSR count). The third-order valence-electron chi connectivity index (χ3n) is 1.89. The summed E-state index contributed by atoms with van der Waals surface area (Å²) < 4.78 is 3.07. The topological polar surface area (TPSA) is 64.7 Å². The molecule has 84 valence electrons. The number of nitrogens with zero attached hydrogens (tertiary/aromatic N) is 4. The third-order valence-corrected chi connectivity index (χ3v) is 2.08. The molecule has 6 nitrogen and oxygen atoms in total. The summed E-state index contributed by atoms with van der Waals surface area (Å²) in [6.07, 6.45) is 4.82. The molecular formula is C9H10ClN5O. The number of carbonyl (C=O) groups is 1. The lowest BCUT2D eigenvalue weighted by molar-refractivity contribution is -0.116. The Kier molecular flexibility index (Phi) is 2.91. The van der Waals surface area contributed by atoms with Gasteiger partial charge < -0.3 is 5.32 Å². The smallest absolute Gasteiger partial charge is 0.247 e. The normalized spacial score (nSPS) is 10.4. The van der Waals surface area contributed by atoms with Crippen LogP contribution in [0.15, 0.2) is 24.7 Å². The molecule has 7 heteroatoms. The predicted octanol–water partition coefficient (Wildman–Crippen LogP) is 0.909. The minimum absolute atomic E-state index is 0.114. The lowest BCUT2D eigenvalue weighted by Crippen LogP contribution is -2.19. The molecule has 0 fully saturated rings. The standard InChI is InChI=1S/C9H10ClN5O/c1-14-3-2-8(13-14)12-9(16)6-15-5-7(10)4-11-15/h2-5H,6H2,1H3,(H,12,13,16). The minimum atomic E-state index is -0.196. The summed E-state index contributed by atoms with van der Waals surface area (Å²) in [5.74, 6) is 0.323. The molecule has 0 spiro atoms. The molecule has 0 saturated carbocycles. The molecule has 2 aromatic rings. The maximum Gasteiger partial charge on any atom is 0.247 e. The first-order valence-corrected chi connectivity index (χ1v) is 4.99. The highest BCUT2D eigenvalue weighted by molar-refractivity contribution is 6.30. The Morgan fingerprint density at radius 3 is 3.00 bits per heavy atom. The van der Waals surface area contributed by atoms with Crippen LogP contribution in [-0.2, 0) is 18.4 Å². The first kappa shape index (κ1) is 10.7. The molecule has 0 unspecified atom stereocenters. The number of carbonyl (C=O) groups excluding carboxylic acids is 1. The third kappa shape index (κ3) is 2.60. The van der Waals surface area contributed by atoms with Crippen LogP contribution in [0, 0.1) is 0 Å². The zero-order chi connectivity index (χ0) is 11.5. The Morgan fingerprint density at radius 2 is 2.44 bits per heavy atom. The molecule has 0 aliphatic heterocycles. The van der Waals surface area contributed by atoms with Crippen molar-refractivity contribution in [2.45, 2.75) is 6.54 Å². The van der Waals surface area contributed by atoms with E-state index in [1.54, 1.807) is 30.2 Å². The van der Waals surface area contributed by atoms with Crippen LogP contribution in [0.3, 0.4) is 0 Å². The molecule has 0 aliphatic carbocycles. The van der Waals surface area contributed by atoms with Gasteiger partial charge in [-0.2, -0.15) is 10.2 Å². The molecule has 0 radical (unpaired) electrons. The number of amides is 1. The summed E-state index contributed by atoms with van der Waals surface area (Å²) in [6, 6.07) is 1.72. The fourth-order valence-corrected chi connectivity index (χ4v) is 1.39. The number of nitrogens with one attached hydrogen (secondary N) is 1. The number of rotatable bonds is 3. The van der Waals surface area contributed by atoms with E-state index in [0.717, 1.165) is 0 Å². The average molecular weight is 240 g/mol. The van der Waals surface area contributed by atoms with E-state index in [4.69, 9.17) is 11.6 Å². The van der Waals surface area contributed by atoms with Gasteiger partial charge in [0, 0.05) is 25.5 Å². The van der Waals surface area contributed by atoms with Crippen molar-refractivity contribution in [1.82, 2.24) is 19.6 Å². The van der Waals surface area contributed by atoms with E-state index in [2.05, 4.69) is 15.5 Å². The fourth-order valence-electron chi connectivity index (χ4n) is 1.24. The molecule has 16 heavy (non-hydrogen) atoms. The summed E-state index contributed by atoms with van der Waals surface area (Å²) in [6.45, 7) is 0.114. The van der Waals surface area contributed by atoms with Gasteiger partial charge in [-0.15, -0.1) is 0 Å². The van der Waals surface area contributed by atoms with Crippen LogP contribution in [0.5, 0.6) is 0 Å². The highest BCUT2D eigenvalue weighted by atomic mass is 35.5. The lowest BCUT2D eigenvalue weighted by Gasteiger charge is -2.01. The second-order valence-electron chi connectivity index (χ2n) is 3.28. The van der Waals surface area contributed by atoms with Crippen molar-refractivity contribution >= 4 is 23.3 Å². The van der Waals surface area contributed by atoms with E-state index in [1.807, 2.05) is 0 Å². The van der Waals surface area contributed by atoms with Gasteiger partial charge in [0.15, 0.2) is 5.82 Å². The first-order chi connectivity index (χ1) is 7.63. The molecule has 0 atom stereocenters. The predicted molar refractivity (Wildman–Crippen MR) is 59.1 cm³/mol. The monoisotopic (exact) mass is 239 g/mol. The van der Waals surface area contributed by atoms with Crippen molar-refractivity contribution in [3.63, 3.8) is 0 Å². The highest BCUT2D eigenvalue weighted by Crippen LogP contribution is 2.05. The van der Waals surface area contributed by atoms with Gasteiger partial charge >= 0.3 is 0 Å². The van der Waals surface area contributed by atoms with Crippen LogP contribution in [0.4, 0.5) is 5.82 Å². The lowest BCUT2D eigenvalue weighted by atomic mass is 10.5. The van der Waals surface area contributed by atoms with Crippen LogP contribution in [0.25, 0.3) is 0 Å². The van der Waals surface area contributed by atoms with Crippen LogP contribution in [0.2, 0.25) is 5.02 Å². The highest BCUT2D eigenvalue weighted by Gasteiger charge is 2.06. The van der Waals surface area contributed by atoms with Gasteiger partial charge in [0.25, 0.3) is 0 Å². The molecule has 1 amide bonds. The average Bonchev–Trinajstić information content (AvgIpc) is 2.76. The largest absolute Gasteiger partial charge is 0.308 e. The summed E-state index contributed by atoms with van der Waals surface area (Å²) in [5, 5.41) is 11.1. The molecule has 2 aromatic heterocycles. The van der Waals surface area contributed by atoms with E-state index in [-0.39, 0.29) is 12.5 Å². The van der Waals surface area contributed by atoms with Gasteiger partial charge in [-0.3, -0.25) is 14.2 Å². The number of halogens is 1. The van der Waals surface area contributed by atoms with Crippen molar-refractivity contribution in [1.29, 1.82) is 0 Å². The SMILES string of the molecule is Cn1ccc(NC(=O)Cn2cc(Cl)cn2)n1. The Labute approximate surface area is 96.8 Å². The number of anilines is 1. The van der Waals surface area contributed by atoms with E-state index < -0.39 is 0 Å². The summed E-state index contributed by atoms with van der Waals surface area (Å²) in [4.78, 5) is 11.5. The van der Waals surface area contributed by atoms with Gasteiger partial charge in [0.2, 0.25) is 5.91 Å². The second kappa shape index (κ2) is 4.36. The van der Waals surface area contributed by atoms with Crippen molar-refractivity contribution in [3.05, 3.63) is 29.7 Å². The van der Waals surface area contributed by atoms with Crippen molar-refractivity contribution in [2.75, 3.05) is 5.32 Å². The van der Waals surface area contributed by atoms with E-state index in [0.29, 0.717) is 10.8 Å². The number of hydrogen-bond acceptors (Lipinski definition) is 3. The van der Waals surface area contributed by atoms with Crippen molar-refractivity contribution in [3.8, 4) is 0 Å². The number of aromatic nitrogens is 4. The Bertz CT molecular complexity index is 459. The second-order valence-corrected chi connectivity index (χ2v) is 3.72. The van der Waals surface area contributed by atoms with Crippen LogP contribution in [0.1, 0.15) is 0 Å². The van der Waals surface area contributed by atoms with Crippen molar-refractivity contribution < 1.29 is 4.79 Å². The molecule has 0 aliphatic rings. The maximum atomic E-state index is 11.5. The Balaban J connectivity index is 1.94. The first-order valence-electron chi connectivity index (χ1n) is 4.61. The van der Waals surface area contributed by atoms with Gasteiger partial charge in [-0.25, -0.2) is 0 Å². The van der Waals surface area contributed by atoms with Gasteiger partial charge in [0.1, 0.15) is 6.54 Å². The van der Waals surface area contributed by atoms with E-state index in [1.165, 1.54) is 10.9 Å². The van der Waals surface area contributed by atoms with Crippen LogP contribution < -0.4 is 5.32 Å². The minimum Gasteiger partial charge on any atom is -0.308 e. The zero-order valence-electron chi connectivity index (χ0n) is 8.59. The summed E-state index contributed by atoms with van der Waals surface area (Å²) in [7, 11) is 1.78. The molecule has 1 N–H and O–H groups in total. The molecular weight excluding hydrogens is 230 g/mol. The Morgan fingerprint density at radius 1 is 1.62 bits per heavy atom. The molecule has 0 bridgehead atoms. The summed E-state index contributed by atoms with van der Waals surface area (Å²) in [5.41, 5.74) is 0. The quantitative estimate of drug-likeness (QED) is 0.866. The Hall–Kier alpha value is -1.82. The van der Waals surface area contributed by atoms with Gasteiger partial charge in [-0.1, -0.05) is 11.6 Å². The number of hydrogen-bond donors (Lipinski definition) is 1. The number of aryl methyl sites for hydroxylation is 1. The van der Waals surface area contributed by atoms with Crippen LogP contribution in [-0.4, -0.2) is 25.5 Å². The molecule has 2 heterocycles.